The molecule has 0 aliphatic heterocycles. The lowest BCUT2D eigenvalue weighted by Crippen LogP contribution is -2.29. The Morgan fingerprint density at radius 2 is 0.795 bits per heavy atom. The summed E-state index contributed by atoms with van der Waals surface area (Å²) in [5.41, 5.74) is 23.8. The van der Waals surface area contributed by atoms with E-state index in [4.69, 9.17) is 0 Å². The molecule has 0 bridgehead atoms. The summed E-state index contributed by atoms with van der Waals surface area (Å²) in [6.45, 7) is 32.1. The quantitative estimate of drug-likeness (QED) is 0.154. The standard InChI is InChI=1S/C72H89N/c1-68(2,3)51-33-25-47(26-34-51)59-43-50(44-60(48-27-35-52(36-28-48)69(4,5)6)66(59)49-29-37-53(38-30-49)70(7,8)9)46-31-39-54(40-32-46)73(55-41-42-57-56-19-14-16-21-61(56)72(12,13)64(57)45-55)65-24-18-23-63-67(65)58-20-15-17-22-62(58)71(63,10)11/h14-24,31-32,39-45,47-49,51-53H,25-30,33-38H2,1-13H3. The van der Waals surface area contributed by atoms with Gasteiger partial charge in [-0.15, -0.1) is 0 Å². The molecule has 0 amide bonds. The van der Waals surface area contributed by atoms with Crippen molar-refractivity contribution in [2.75, 3.05) is 4.90 Å². The normalized spacial score (nSPS) is 24.3. The van der Waals surface area contributed by atoms with Gasteiger partial charge in [0.05, 0.1) is 5.69 Å². The molecule has 0 N–H and O–H groups in total. The second-order valence-electron chi connectivity index (χ2n) is 28.5. The van der Waals surface area contributed by atoms with Crippen LogP contribution in [0, 0.1) is 34.0 Å². The molecular formula is C72H89N. The van der Waals surface area contributed by atoms with Gasteiger partial charge in [-0.05, 0) is 226 Å². The number of anilines is 3. The molecule has 1 heteroatoms. The maximum atomic E-state index is 2.76. The van der Waals surface area contributed by atoms with Crippen LogP contribution >= 0.6 is 0 Å². The van der Waals surface area contributed by atoms with Crippen molar-refractivity contribution in [1.29, 1.82) is 0 Å². The maximum Gasteiger partial charge on any atom is 0.0543 e. The smallest absolute Gasteiger partial charge is 0.0543 e. The number of hydrogen-bond donors (Lipinski definition) is 0. The summed E-state index contributed by atoms with van der Waals surface area (Å²) >= 11 is 0. The molecule has 11 rings (SSSR count). The third kappa shape index (κ3) is 8.97. The molecular weight excluding hydrogens is 879 g/mol. The van der Waals surface area contributed by atoms with Crippen LogP contribution in [0.2, 0.25) is 0 Å². The molecule has 0 aromatic heterocycles. The van der Waals surface area contributed by atoms with Crippen LogP contribution in [0.1, 0.15) is 224 Å². The fraction of sp³-hybridized carbons (Fsp3) is 0.500. The third-order valence-corrected chi connectivity index (χ3v) is 20.5. The Morgan fingerprint density at radius 3 is 1.32 bits per heavy atom. The molecule has 382 valence electrons. The zero-order valence-electron chi connectivity index (χ0n) is 47.4. The van der Waals surface area contributed by atoms with E-state index in [-0.39, 0.29) is 10.8 Å². The van der Waals surface area contributed by atoms with Gasteiger partial charge in [0.2, 0.25) is 0 Å². The van der Waals surface area contributed by atoms with Crippen LogP contribution in [-0.4, -0.2) is 0 Å². The SMILES string of the molecule is CC1(C)c2ccccc2-c2ccc(N(c3ccc(-c4cc(C5CCC(C(C)(C)C)CC5)c(C5CCC(C(C)(C)C)CC5)c(C5CCC(C(C)(C)C)CC5)c4)cc3)c3cccc4c3-c3ccccc3C4(C)C)cc21. The first-order valence-electron chi connectivity index (χ1n) is 29.2. The highest BCUT2D eigenvalue weighted by Crippen LogP contribution is 2.57. The number of nitrogens with zero attached hydrogens (tertiary/aromatic N) is 1. The Hall–Kier alpha value is -4.88. The molecule has 73 heavy (non-hydrogen) atoms. The van der Waals surface area contributed by atoms with Crippen molar-refractivity contribution in [3.8, 4) is 33.4 Å². The number of rotatable bonds is 7. The summed E-state index contributed by atoms with van der Waals surface area (Å²) in [5, 5.41) is 0. The minimum Gasteiger partial charge on any atom is -0.310 e. The van der Waals surface area contributed by atoms with Crippen molar-refractivity contribution in [3.63, 3.8) is 0 Å². The molecule has 6 aromatic rings. The monoisotopic (exact) mass is 968 g/mol. The lowest BCUT2D eigenvalue weighted by atomic mass is 9.63. The fourth-order valence-corrected chi connectivity index (χ4v) is 15.8. The van der Waals surface area contributed by atoms with E-state index in [2.05, 4.69) is 216 Å². The first kappa shape index (κ1) is 50.3. The summed E-state index contributed by atoms with van der Waals surface area (Å²) in [4.78, 5) is 2.59. The Labute approximate surface area is 443 Å². The zero-order valence-corrected chi connectivity index (χ0v) is 47.4. The minimum absolute atomic E-state index is 0.0927. The van der Waals surface area contributed by atoms with E-state index in [1.165, 1.54) is 150 Å². The predicted molar refractivity (Wildman–Crippen MR) is 314 cm³/mol. The van der Waals surface area contributed by atoms with E-state index in [1.807, 2.05) is 5.56 Å². The molecule has 0 spiro atoms. The van der Waals surface area contributed by atoms with E-state index in [0.717, 1.165) is 17.8 Å². The van der Waals surface area contributed by atoms with Crippen molar-refractivity contribution in [1.82, 2.24) is 0 Å². The van der Waals surface area contributed by atoms with Gasteiger partial charge >= 0.3 is 0 Å². The van der Waals surface area contributed by atoms with Gasteiger partial charge in [0.1, 0.15) is 0 Å². The summed E-state index contributed by atoms with van der Waals surface area (Å²) in [5.74, 6) is 4.36. The van der Waals surface area contributed by atoms with Gasteiger partial charge in [0, 0.05) is 27.8 Å². The summed E-state index contributed by atoms with van der Waals surface area (Å²) in [6.07, 6.45) is 16.1. The Balaban J connectivity index is 1.05. The van der Waals surface area contributed by atoms with Crippen molar-refractivity contribution >= 4 is 17.1 Å². The van der Waals surface area contributed by atoms with E-state index >= 15 is 0 Å². The fourth-order valence-electron chi connectivity index (χ4n) is 15.8. The third-order valence-electron chi connectivity index (χ3n) is 20.5. The molecule has 5 aliphatic rings. The van der Waals surface area contributed by atoms with Crippen LogP contribution in [-0.2, 0) is 10.8 Å². The molecule has 1 nitrogen and oxygen atoms in total. The summed E-state index contributed by atoms with van der Waals surface area (Å²) in [7, 11) is 0. The van der Waals surface area contributed by atoms with E-state index in [0.29, 0.717) is 34.0 Å². The Kier molecular flexibility index (Phi) is 12.7. The van der Waals surface area contributed by atoms with Crippen LogP contribution in [0.25, 0.3) is 33.4 Å². The molecule has 0 radical (unpaired) electrons. The predicted octanol–water partition coefficient (Wildman–Crippen LogP) is 21.4. The van der Waals surface area contributed by atoms with Crippen LogP contribution < -0.4 is 4.90 Å². The van der Waals surface area contributed by atoms with Crippen molar-refractivity contribution in [2.45, 2.75) is 196 Å². The molecule has 6 aromatic carbocycles. The Bertz CT molecular complexity index is 2930. The second kappa shape index (κ2) is 18.4. The number of hydrogen-bond acceptors (Lipinski definition) is 1. The first-order valence-corrected chi connectivity index (χ1v) is 29.2. The molecule has 0 saturated heterocycles. The van der Waals surface area contributed by atoms with Gasteiger partial charge < -0.3 is 4.90 Å². The minimum atomic E-state index is -0.101. The maximum absolute atomic E-state index is 2.76. The van der Waals surface area contributed by atoms with Crippen molar-refractivity contribution in [2.24, 2.45) is 34.0 Å². The highest BCUT2D eigenvalue weighted by molar-refractivity contribution is 5.96. The van der Waals surface area contributed by atoms with Gasteiger partial charge in [-0.3, -0.25) is 0 Å². The van der Waals surface area contributed by atoms with Crippen LogP contribution in [0.15, 0.2) is 121 Å². The zero-order chi connectivity index (χ0) is 51.4. The average molecular weight is 969 g/mol. The van der Waals surface area contributed by atoms with Gasteiger partial charge in [-0.2, -0.15) is 0 Å². The number of benzene rings is 6. The lowest BCUT2D eigenvalue weighted by Gasteiger charge is -2.42. The second-order valence-corrected chi connectivity index (χ2v) is 28.5. The number of fused-ring (bicyclic) bond motifs is 6. The van der Waals surface area contributed by atoms with Gasteiger partial charge in [-0.1, -0.05) is 181 Å². The van der Waals surface area contributed by atoms with Crippen LogP contribution in [0.4, 0.5) is 17.1 Å². The van der Waals surface area contributed by atoms with Crippen molar-refractivity contribution < 1.29 is 0 Å². The molecule has 0 unspecified atom stereocenters. The molecule has 0 heterocycles. The largest absolute Gasteiger partial charge is 0.310 e. The topological polar surface area (TPSA) is 3.24 Å². The Morgan fingerprint density at radius 1 is 0.370 bits per heavy atom. The highest BCUT2D eigenvalue weighted by Gasteiger charge is 2.41. The van der Waals surface area contributed by atoms with Gasteiger partial charge in [-0.25, -0.2) is 0 Å². The molecule has 3 saturated carbocycles. The van der Waals surface area contributed by atoms with E-state index in [9.17, 15) is 0 Å². The van der Waals surface area contributed by atoms with Gasteiger partial charge in [0.25, 0.3) is 0 Å². The molecule has 3 fully saturated rings. The lowest BCUT2D eigenvalue weighted by molar-refractivity contribution is 0.161. The summed E-state index contributed by atoms with van der Waals surface area (Å²) < 4.78 is 0. The van der Waals surface area contributed by atoms with Crippen LogP contribution in [0.3, 0.4) is 0 Å². The highest BCUT2D eigenvalue weighted by atomic mass is 15.1. The van der Waals surface area contributed by atoms with E-state index in [1.54, 1.807) is 11.1 Å². The molecule has 5 aliphatic carbocycles. The van der Waals surface area contributed by atoms with Crippen molar-refractivity contribution in [3.05, 3.63) is 160 Å². The summed E-state index contributed by atoms with van der Waals surface area (Å²) in [6, 6.07) is 48.0. The van der Waals surface area contributed by atoms with E-state index < -0.39 is 0 Å². The van der Waals surface area contributed by atoms with Crippen LogP contribution in [0.5, 0.6) is 0 Å². The average Bonchev–Trinajstić information content (AvgIpc) is 3.75. The van der Waals surface area contributed by atoms with Gasteiger partial charge in [0.15, 0.2) is 0 Å². The first-order chi connectivity index (χ1) is 34.6. The molecule has 0 atom stereocenters.